The molecule has 0 radical (unpaired) electrons. The van der Waals surface area contributed by atoms with Crippen LogP contribution in [0.25, 0.3) is 0 Å². The maximum Gasteiger partial charge on any atom is 0.246 e. The summed E-state index contributed by atoms with van der Waals surface area (Å²) in [7, 11) is 0. The van der Waals surface area contributed by atoms with Gasteiger partial charge in [0.25, 0.3) is 0 Å². The Morgan fingerprint density at radius 3 is 1.39 bits per heavy atom. The van der Waals surface area contributed by atoms with E-state index in [2.05, 4.69) is 41.6 Å². The molecule has 0 saturated carbocycles. The van der Waals surface area contributed by atoms with Gasteiger partial charge in [-0.15, -0.1) is 0 Å². The first kappa shape index (κ1) is 43.4. The number of hydrogen-bond acceptors (Lipinski definition) is 8. The highest BCUT2D eigenvalue weighted by atomic mass is 16.2. The SMILES string of the molecule is CC(=O)N[C@H](CCCN=C(N)N)C(=O)N[C@@H](C(=O)N[C@H](CCCN=C(N)N)C(=O)N[C@H](CCCN=C(N)N)C(=O)Nc1ccc(C)cc1)C(C)C. The number of nitrogens with one attached hydrogen (secondary N) is 5. The molecule has 0 aromatic heterocycles. The zero-order chi connectivity index (χ0) is 38.5. The van der Waals surface area contributed by atoms with E-state index in [9.17, 15) is 24.0 Å². The Balaban J connectivity index is 3.24. The number of benzene rings is 1. The summed E-state index contributed by atoms with van der Waals surface area (Å²) in [5.41, 5.74) is 34.0. The van der Waals surface area contributed by atoms with Crippen LogP contribution in [0.4, 0.5) is 5.69 Å². The van der Waals surface area contributed by atoms with Crippen molar-refractivity contribution in [2.45, 2.75) is 90.4 Å². The van der Waals surface area contributed by atoms with E-state index in [0.717, 1.165) is 5.56 Å². The van der Waals surface area contributed by atoms with Crippen molar-refractivity contribution in [2.75, 3.05) is 25.0 Å². The van der Waals surface area contributed by atoms with E-state index in [4.69, 9.17) is 34.4 Å². The van der Waals surface area contributed by atoms with E-state index in [-0.39, 0.29) is 56.8 Å². The van der Waals surface area contributed by atoms with Crippen molar-refractivity contribution in [3.63, 3.8) is 0 Å². The molecule has 0 aliphatic heterocycles. The lowest BCUT2D eigenvalue weighted by Gasteiger charge is -2.28. The number of hydrogen-bond donors (Lipinski definition) is 11. The molecule has 0 bridgehead atoms. The smallest absolute Gasteiger partial charge is 0.246 e. The van der Waals surface area contributed by atoms with Crippen molar-refractivity contribution < 1.29 is 24.0 Å². The zero-order valence-electron chi connectivity index (χ0n) is 29.9. The molecule has 0 fully saturated rings. The number of nitrogens with zero attached hydrogens (tertiary/aromatic N) is 3. The minimum atomic E-state index is -1.15. The van der Waals surface area contributed by atoms with Gasteiger partial charge in [0.15, 0.2) is 17.9 Å². The molecule has 19 nitrogen and oxygen atoms in total. The van der Waals surface area contributed by atoms with E-state index in [0.29, 0.717) is 24.9 Å². The Bertz CT molecular complexity index is 1380. The number of carbonyl (C=O) groups is 5. The van der Waals surface area contributed by atoms with Crippen molar-refractivity contribution in [3.8, 4) is 0 Å². The van der Waals surface area contributed by atoms with Gasteiger partial charge in [0.2, 0.25) is 29.5 Å². The van der Waals surface area contributed by atoms with Gasteiger partial charge in [-0.3, -0.25) is 38.9 Å². The number of carbonyl (C=O) groups excluding carboxylic acids is 5. The van der Waals surface area contributed by atoms with E-state index < -0.39 is 59.6 Å². The maximum absolute atomic E-state index is 13.8. The summed E-state index contributed by atoms with van der Waals surface area (Å²) in [4.78, 5) is 77.8. The number of amides is 5. The Hall–Kier alpha value is -5.62. The van der Waals surface area contributed by atoms with Crippen LogP contribution in [-0.4, -0.2) is 91.2 Å². The van der Waals surface area contributed by atoms with Crippen LogP contribution in [0.15, 0.2) is 39.2 Å². The van der Waals surface area contributed by atoms with Crippen LogP contribution in [0, 0.1) is 12.8 Å². The van der Waals surface area contributed by atoms with Crippen LogP contribution in [-0.2, 0) is 24.0 Å². The molecule has 0 spiro atoms. The summed E-state index contributed by atoms with van der Waals surface area (Å²) < 4.78 is 0. The van der Waals surface area contributed by atoms with Crippen LogP contribution in [0.5, 0.6) is 0 Å². The summed E-state index contributed by atoms with van der Waals surface area (Å²) in [6.07, 6.45) is 1.48. The normalized spacial score (nSPS) is 13.0. The molecular weight excluding hydrogens is 660 g/mol. The predicted octanol–water partition coefficient (Wildman–Crippen LogP) is -2.29. The first-order valence-corrected chi connectivity index (χ1v) is 16.7. The second-order valence-corrected chi connectivity index (χ2v) is 12.3. The third-order valence-electron chi connectivity index (χ3n) is 7.36. The van der Waals surface area contributed by atoms with Crippen molar-refractivity contribution in [1.82, 2.24) is 21.3 Å². The molecule has 51 heavy (non-hydrogen) atoms. The van der Waals surface area contributed by atoms with Gasteiger partial charge in [-0.1, -0.05) is 31.5 Å². The Kier molecular flexibility index (Phi) is 19.5. The molecule has 5 amide bonds. The highest BCUT2D eigenvalue weighted by molar-refractivity contribution is 5.99. The predicted molar refractivity (Wildman–Crippen MR) is 198 cm³/mol. The number of aliphatic imine (C=N–C) groups is 3. The van der Waals surface area contributed by atoms with Gasteiger partial charge < -0.3 is 61.0 Å². The molecule has 1 aromatic carbocycles. The van der Waals surface area contributed by atoms with Gasteiger partial charge in [0.05, 0.1) is 0 Å². The molecule has 0 unspecified atom stereocenters. The van der Waals surface area contributed by atoms with Crippen molar-refractivity contribution in [3.05, 3.63) is 29.8 Å². The van der Waals surface area contributed by atoms with Crippen LogP contribution in [0.3, 0.4) is 0 Å². The van der Waals surface area contributed by atoms with Gasteiger partial charge in [0.1, 0.15) is 24.2 Å². The fraction of sp³-hybridized carbons (Fsp3) is 0.562. The van der Waals surface area contributed by atoms with Crippen molar-refractivity contribution in [2.24, 2.45) is 55.3 Å². The van der Waals surface area contributed by atoms with E-state index in [1.165, 1.54) is 6.92 Å². The lowest BCUT2D eigenvalue weighted by molar-refractivity contribution is -0.135. The average Bonchev–Trinajstić information content (AvgIpc) is 3.04. The maximum atomic E-state index is 13.8. The number of nitrogens with two attached hydrogens (primary N) is 6. The molecule has 284 valence electrons. The minimum absolute atomic E-state index is 0.0900. The molecule has 4 atom stereocenters. The van der Waals surface area contributed by atoms with Crippen LogP contribution >= 0.6 is 0 Å². The Morgan fingerprint density at radius 2 is 0.980 bits per heavy atom. The molecule has 0 saturated heterocycles. The van der Waals surface area contributed by atoms with Gasteiger partial charge >= 0.3 is 0 Å². The number of anilines is 1. The molecule has 19 heteroatoms. The van der Waals surface area contributed by atoms with Crippen molar-refractivity contribution in [1.29, 1.82) is 0 Å². The van der Waals surface area contributed by atoms with Crippen molar-refractivity contribution >= 4 is 53.1 Å². The van der Waals surface area contributed by atoms with E-state index >= 15 is 0 Å². The highest BCUT2D eigenvalue weighted by Crippen LogP contribution is 2.12. The summed E-state index contributed by atoms with van der Waals surface area (Å²) in [6, 6.07) is 2.89. The lowest BCUT2D eigenvalue weighted by Crippen LogP contribution is -2.59. The molecular formula is C32H56N14O5. The Labute approximate surface area is 298 Å². The molecule has 1 aromatic rings. The van der Waals surface area contributed by atoms with Gasteiger partial charge in [-0.05, 0) is 63.5 Å². The quantitative estimate of drug-likeness (QED) is 0.0344. The second kappa shape index (κ2) is 22.9. The van der Waals surface area contributed by atoms with Crippen LogP contribution < -0.4 is 61.0 Å². The van der Waals surface area contributed by atoms with Gasteiger partial charge in [-0.2, -0.15) is 0 Å². The summed E-state index contributed by atoms with van der Waals surface area (Å²) in [5.74, 6) is -3.62. The highest BCUT2D eigenvalue weighted by Gasteiger charge is 2.32. The first-order chi connectivity index (χ1) is 24.0. The topological polar surface area (TPSA) is 339 Å². The van der Waals surface area contributed by atoms with Crippen LogP contribution in [0.1, 0.15) is 64.9 Å². The number of rotatable bonds is 22. The minimum Gasteiger partial charge on any atom is -0.370 e. The number of guanidine groups is 3. The third kappa shape index (κ3) is 18.6. The van der Waals surface area contributed by atoms with E-state index in [1.54, 1.807) is 26.0 Å². The molecule has 0 heterocycles. The number of aryl methyl sites for hydroxylation is 1. The first-order valence-electron chi connectivity index (χ1n) is 16.7. The Morgan fingerprint density at radius 1 is 0.588 bits per heavy atom. The standard InChI is InChI=1S/C32H56N14O5/c1-18(2)25(46-28(50)22(42-20(4)47)8-5-15-39-30(33)34)29(51)45-24(10-7-17-41-32(37)38)27(49)44-23(9-6-16-40-31(35)36)26(48)43-21-13-11-19(3)12-14-21/h11-14,18,22-25H,5-10,15-17H2,1-4H3,(H,42,47)(H,43,48)(H,44,49)(H,45,51)(H,46,50)(H4,33,34,39)(H4,35,36,40)(H4,37,38,41)/t22-,23-,24-,25-/m1/s1. The largest absolute Gasteiger partial charge is 0.370 e. The average molecular weight is 717 g/mol. The zero-order valence-corrected chi connectivity index (χ0v) is 29.9. The second-order valence-electron chi connectivity index (χ2n) is 12.3. The van der Waals surface area contributed by atoms with E-state index in [1.807, 2.05) is 19.1 Å². The molecule has 0 aliphatic rings. The summed E-state index contributed by atoms with van der Waals surface area (Å²) >= 11 is 0. The molecule has 17 N–H and O–H groups in total. The molecule has 1 rings (SSSR count). The summed E-state index contributed by atoms with van der Waals surface area (Å²) in [6.45, 7) is 7.22. The fourth-order valence-corrected chi connectivity index (χ4v) is 4.75. The van der Waals surface area contributed by atoms with Crippen LogP contribution in [0.2, 0.25) is 0 Å². The van der Waals surface area contributed by atoms with Gasteiger partial charge in [0, 0.05) is 32.2 Å². The van der Waals surface area contributed by atoms with Gasteiger partial charge in [-0.25, -0.2) is 0 Å². The molecule has 0 aliphatic carbocycles. The summed E-state index contributed by atoms with van der Waals surface area (Å²) in [5, 5.41) is 13.6. The third-order valence-corrected chi connectivity index (χ3v) is 7.36. The fourth-order valence-electron chi connectivity index (χ4n) is 4.75. The lowest BCUT2D eigenvalue weighted by atomic mass is 10.0. The monoisotopic (exact) mass is 716 g/mol.